The number of hydrogen-bond donors (Lipinski definition) is 2. The van der Waals surface area contributed by atoms with Crippen LogP contribution in [0.4, 0.5) is 10.8 Å². The van der Waals surface area contributed by atoms with Gasteiger partial charge < -0.3 is 5.32 Å². The van der Waals surface area contributed by atoms with Crippen molar-refractivity contribution in [2.24, 2.45) is 0 Å². The largest absolute Gasteiger partial charge is 0.325 e. The smallest absolute Gasteiger partial charge is 0.271 e. The number of nitrogens with one attached hydrogen (secondary N) is 2. The van der Waals surface area contributed by atoms with Crippen molar-refractivity contribution in [1.29, 1.82) is 0 Å². The van der Waals surface area contributed by atoms with Crippen LogP contribution in [0.1, 0.15) is 20.9 Å². The summed E-state index contributed by atoms with van der Waals surface area (Å²) in [6, 6.07) is 5.33. The highest BCUT2D eigenvalue weighted by molar-refractivity contribution is 8.01. The first-order chi connectivity index (χ1) is 12.9. The number of thioether (sulfide) groups is 1. The van der Waals surface area contributed by atoms with Gasteiger partial charge in [0.15, 0.2) is 4.34 Å². The Bertz CT molecular complexity index is 990. The van der Waals surface area contributed by atoms with Crippen molar-refractivity contribution in [2.75, 3.05) is 16.4 Å². The van der Waals surface area contributed by atoms with Crippen LogP contribution in [0.15, 0.2) is 22.5 Å². The maximum Gasteiger partial charge on any atom is 0.271 e. The number of rotatable bonds is 6. The molecular weight excluding hydrogens is 428 g/mol. The molecule has 0 radical (unpaired) electrons. The molecule has 0 aliphatic rings. The van der Waals surface area contributed by atoms with E-state index in [0.29, 0.717) is 30.8 Å². The van der Waals surface area contributed by atoms with Gasteiger partial charge >= 0.3 is 0 Å². The van der Waals surface area contributed by atoms with E-state index < -0.39 is 0 Å². The summed E-state index contributed by atoms with van der Waals surface area (Å²) in [4.78, 5) is 24.6. The molecule has 0 atom stereocenters. The third-order valence-electron chi connectivity index (χ3n) is 3.27. The second-order valence-electron chi connectivity index (χ2n) is 5.32. The maximum absolute atomic E-state index is 12.1. The predicted molar refractivity (Wildman–Crippen MR) is 108 cm³/mol. The van der Waals surface area contributed by atoms with Gasteiger partial charge in [-0.25, -0.2) is 0 Å². The van der Waals surface area contributed by atoms with Crippen molar-refractivity contribution in [3.05, 3.63) is 39.4 Å². The van der Waals surface area contributed by atoms with Crippen LogP contribution in [-0.2, 0) is 4.79 Å². The molecule has 0 spiro atoms. The van der Waals surface area contributed by atoms with Gasteiger partial charge in [0, 0.05) is 10.7 Å². The number of carbonyl (C=O) groups is 2. The number of hydrogen-bond acceptors (Lipinski definition) is 9. The molecule has 2 heterocycles. The summed E-state index contributed by atoms with van der Waals surface area (Å²) in [7, 11) is 0. The Morgan fingerprint density at radius 2 is 2.00 bits per heavy atom. The second kappa shape index (κ2) is 8.74. The molecule has 8 nitrogen and oxygen atoms in total. The highest BCUT2D eigenvalue weighted by atomic mass is 35.5. The summed E-state index contributed by atoms with van der Waals surface area (Å²) < 4.78 is 4.30. The number of amides is 2. The van der Waals surface area contributed by atoms with Crippen LogP contribution in [0.2, 0.25) is 5.02 Å². The van der Waals surface area contributed by atoms with E-state index in [0.717, 1.165) is 17.1 Å². The summed E-state index contributed by atoms with van der Waals surface area (Å²) in [6.07, 6.45) is 0. The molecule has 12 heteroatoms. The van der Waals surface area contributed by atoms with Crippen LogP contribution in [-0.4, -0.2) is 37.4 Å². The van der Waals surface area contributed by atoms with Crippen molar-refractivity contribution < 1.29 is 9.59 Å². The lowest BCUT2D eigenvalue weighted by atomic mass is 10.2. The molecule has 0 saturated heterocycles. The van der Waals surface area contributed by atoms with E-state index in [2.05, 4.69) is 30.4 Å². The third-order valence-corrected chi connectivity index (χ3v) is 6.47. The van der Waals surface area contributed by atoms with E-state index in [1.807, 2.05) is 13.0 Å². The van der Waals surface area contributed by atoms with Crippen molar-refractivity contribution in [2.45, 2.75) is 18.2 Å². The van der Waals surface area contributed by atoms with Gasteiger partial charge in [0.05, 0.1) is 11.4 Å². The van der Waals surface area contributed by atoms with Crippen molar-refractivity contribution >= 4 is 68.9 Å². The lowest BCUT2D eigenvalue weighted by Gasteiger charge is -2.05. The van der Waals surface area contributed by atoms with Gasteiger partial charge in [0.2, 0.25) is 11.0 Å². The average Bonchev–Trinajstić information content (AvgIpc) is 3.25. The molecule has 0 bridgehead atoms. The Kier molecular flexibility index (Phi) is 6.37. The molecule has 140 valence electrons. The van der Waals surface area contributed by atoms with E-state index in [1.165, 1.54) is 23.1 Å². The quantitative estimate of drug-likeness (QED) is 0.444. The maximum atomic E-state index is 12.1. The third kappa shape index (κ3) is 5.22. The van der Waals surface area contributed by atoms with Crippen LogP contribution in [0.5, 0.6) is 0 Å². The first-order valence-corrected chi connectivity index (χ1v) is 10.5. The Balaban J connectivity index is 1.51. The van der Waals surface area contributed by atoms with Gasteiger partial charge in [0.25, 0.3) is 5.91 Å². The minimum absolute atomic E-state index is 0.159. The van der Waals surface area contributed by atoms with Crippen LogP contribution in [0.3, 0.4) is 0 Å². The van der Waals surface area contributed by atoms with Gasteiger partial charge in [-0.1, -0.05) is 45.3 Å². The lowest BCUT2D eigenvalue weighted by Crippen LogP contribution is -2.13. The topological polar surface area (TPSA) is 110 Å². The molecule has 0 unspecified atom stereocenters. The molecule has 3 rings (SSSR count). The average molecular weight is 441 g/mol. The monoisotopic (exact) mass is 440 g/mol. The normalized spacial score (nSPS) is 10.6. The molecular formula is C15H13ClN6O2S3. The fourth-order valence-electron chi connectivity index (χ4n) is 1.91. The van der Waals surface area contributed by atoms with Crippen LogP contribution >= 0.6 is 46.2 Å². The standard InChI is InChI=1S/C15H13ClN6O2S3/c1-7-3-4-9(5-10(7)16)17-11(23)6-25-15-21-20-14(26-15)18-13(24)12-8(2)19-22-27-12/h3-5H,6H2,1-2H3,(H,17,23)(H,18,20,24). The number of aryl methyl sites for hydroxylation is 2. The molecule has 0 fully saturated rings. The van der Waals surface area contributed by atoms with E-state index in [4.69, 9.17) is 11.6 Å². The highest BCUT2D eigenvalue weighted by Gasteiger charge is 2.16. The zero-order chi connectivity index (χ0) is 19.4. The summed E-state index contributed by atoms with van der Waals surface area (Å²) in [5.41, 5.74) is 2.14. The van der Waals surface area contributed by atoms with Gasteiger partial charge in [-0.15, -0.1) is 15.3 Å². The second-order valence-corrected chi connectivity index (χ2v) is 8.68. The molecule has 2 aromatic heterocycles. The van der Waals surface area contributed by atoms with E-state index in [-0.39, 0.29) is 17.6 Å². The molecule has 27 heavy (non-hydrogen) atoms. The number of carbonyl (C=O) groups excluding carboxylic acids is 2. The summed E-state index contributed by atoms with van der Waals surface area (Å²) in [5, 5.41) is 18.0. The molecule has 2 N–H and O–H groups in total. The van der Waals surface area contributed by atoms with Crippen molar-refractivity contribution in [3.8, 4) is 0 Å². The molecule has 0 saturated carbocycles. The van der Waals surface area contributed by atoms with Crippen molar-refractivity contribution in [3.63, 3.8) is 0 Å². The number of nitrogens with zero attached hydrogens (tertiary/aromatic N) is 4. The Morgan fingerprint density at radius 3 is 2.70 bits per heavy atom. The van der Waals surface area contributed by atoms with Crippen LogP contribution in [0.25, 0.3) is 0 Å². The Labute approximate surface area is 171 Å². The Hall–Kier alpha value is -2.08. The van der Waals surface area contributed by atoms with Crippen LogP contribution in [0, 0.1) is 13.8 Å². The van der Waals surface area contributed by atoms with Crippen LogP contribution < -0.4 is 10.6 Å². The highest BCUT2D eigenvalue weighted by Crippen LogP contribution is 2.26. The molecule has 1 aromatic carbocycles. The first kappa shape index (κ1) is 19.7. The number of anilines is 2. The summed E-state index contributed by atoms with van der Waals surface area (Å²) in [6.45, 7) is 3.60. The molecule has 3 aromatic rings. The molecule has 0 aliphatic carbocycles. The minimum Gasteiger partial charge on any atom is -0.325 e. The molecule has 0 aliphatic heterocycles. The van der Waals surface area contributed by atoms with Gasteiger partial charge in [-0.05, 0) is 43.1 Å². The number of benzene rings is 1. The zero-order valence-corrected chi connectivity index (χ0v) is 17.4. The van der Waals surface area contributed by atoms with E-state index >= 15 is 0 Å². The van der Waals surface area contributed by atoms with Gasteiger partial charge in [-0.3, -0.25) is 14.9 Å². The summed E-state index contributed by atoms with van der Waals surface area (Å²) >= 11 is 9.48. The number of aromatic nitrogens is 4. The lowest BCUT2D eigenvalue weighted by molar-refractivity contribution is -0.113. The Morgan fingerprint density at radius 1 is 1.19 bits per heavy atom. The predicted octanol–water partition coefficient (Wildman–Crippen LogP) is 3.64. The number of halogens is 1. The minimum atomic E-state index is -0.329. The molecule has 2 amide bonds. The zero-order valence-electron chi connectivity index (χ0n) is 14.1. The van der Waals surface area contributed by atoms with Gasteiger partial charge in [0.1, 0.15) is 4.88 Å². The van der Waals surface area contributed by atoms with Crippen molar-refractivity contribution in [1.82, 2.24) is 19.8 Å². The van der Waals surface area contributed by atoms with Gasteiger partial charge in [-0.2, -0.15) is 0 Å². The summed E-state index contributed by atoms with van der Waals surface area (Å²) in [5.74, 6) is -0.359. The fraction of sp³-hybridized carbons (Fsp3) is 0.200. The first-order valence-electron chi connectivity index (χ1n) is 7.55. The van der Waals surface area contributed by atoms with E-state index in [1.54, 1.807) is 19.1 Å². The van der Waals surface area contributed by atoms with E-state index in [9.17, 15) is 9.59 Å². The SMILES string of the molecule is Cc1ccc(NC(=O)CSc2nnc(NC(=O)c3snnc3C)s2)cc1Cl. The fourth-order valence-corrected chi connectivity index (χ4v) is 4.19.